The van der Waals surface area contributed by atoms with Gasteiger partial charge in [-0.15, -0.1) is 10.2 Å². The molecule has 0 bridgehead atoms. The van der Waals surface area contributed by atoms with Gasteiger partial charge in [0.05, 0.1) is 18.8 Å². The Labute approximate surface area is 124 Å². The summed E-state index contributed by atoms with van der Waals surface area (Å²) < 4.78 is 12.5. The quantitative estimate of drug-likeness (QED) is 0.737. The molecule has 2 rings (SSSR count). The van der Waals surface area contributed by atoms with Crippen molar-refractivity contribution in [2.75, 3.05) is 20.8 Å². The summed E-state index contributed by atoms with van der Waals surface area (Å²) in [5.41, 5.74) is 0.934. The van der Waals surface area contributed by atoms with Crippen LogP contribution in [0.1, 0.15) is 37.2 Å². The Bertz CT molecular complexity index is 549. The van der Waals surface area contributed by atoms with Crippen molar-refractivity contribution in [1.82, 2.24) is 24.6 Å². The highest BCUT2D eigenvalue weighted by atomic mass is 16.5. The highest BCUT2D eigenvalue weighted by Gasteiger charge is 2.12. The largest absolute Gasteiger partial charge is 0.448 e. The van der Waals surface area contributed by atoms with E-state index < -0.39 is 0 Å². The van der Waals surface area contributed by atoms with Crippen LogP contribution >= 0.6 is 0 Å². The average molecular weight is 293 g/mol. The van der Waals surface area contributed by atoms with Crippen LogP contribution in [0.4, 0.5) is 0 Å². The summed E-state index contributed by atoms with van der Waals surface area (Å²) in [7, 11) is 3.71. The molecule has 0 atom stereocenters. The molecule has 116 valence electrons. The Morgan fingerprint density at radius 1 is 1.38 bits per heavy atom. The number of methoxy groups -OCH3 is 1. The molecule has 0 aromatic carbocycles. The molecule has 0 unspecified atom stereocenters. The number of rotatable bonds is 8. The minimum absolute atomic E-state index is 0.307. The second-order valence-electron chi connectivity index (χ2n) is 5.44. The zero-order valence-electron chi connectivity index (χ0n) is 13.1. The molecule has 0 spiro atoms. The van der Waals surface area contributed by atoms with Gasteiger partial charge in [0.2, 0.25) is 0 Å². The van der Waals surface area contributed by atoms with Gasteiger partial charge < -0.3 is 13.7 Å². The van der Waals surface area contributed by atoms with E-state index in [1.54, 1.807) is 19.7 Å². The zero-order chi connectivity index (χ0) is 15.2. The molecule has 0 radical (unpaired) electrons. The summed E-state index contributed by atoms with van der Waals surface area (Å²) in [6.07, 6.45) is 3.46. The van der Waals surface area contributed by atoms with Gasteiger partial charge in [0, 0.05) is 26.1 Å². The van der Waals surface area contributed by atoms with Crippen molar-refractivity contribution in [2.24, 2.45) is 0 Å². The third-order valence-corrected chi connectivity index (χ3v) is 3.14. The first-order valence-corrected chi connectivity index (χ1v) is 7.08. The maximum atomic E-state index is 5.45. The van der Waals surface area contributed by atoms with Crippen LogP contribution < -0.4 is 0 Å². The summed E-state index contributed by atoms with van der Waals surface area (Å²) in [5.74, 6) is 2.00. The van der Waals surface area contributed by atoms with Gasteiger partial charge in [-0.3, -0.25) is 4.90 Å². The SMILES string of the molecule is COCCn1cnnc1CN(C)Cc1coc(C(C)C)n1. The smallest absolute Gasteiger partial charge is 0.196 e. The molecular weight excluding hydrogens is 270 g/mol. The Kier molecular flexibility index (Phi) is 5.46. The van der Waals surface area contributed by atoms with Crippen molar-refractivity contribution < 1.29 is 9.15 Å². The van der Waals surface area contributed by atoms with Crippen LogP contribution in [0, 0.1) is 0 Å². The summed E-state index contributed by atoms with van der Waals surface area (Å²) in [5, 5.41) is 8.12. The Morgan fingerprint density at radius 2 is 2.19 bits per heavy atom. The van der Waals surface area contributed by atoms with Crippen molar-refractivity contribution in [3.63, 3.8) is 0 Å². The molecule has 0 saturated carbocycles. The van der Waals surface area contributed by atoms with Crippen molar-refractivity contribution in [3.05, 3.63) is 30.0 Å². The fourth-order valence-electron chi connectivity index (χ4n) is 2.01. The van der Waals surface area contributed by atoms with Crippen LogP contribution in [0.2, 0.25) is 0 Å². The number of aromatic nitrogens is 4. The van der Waals surface area contributed by atoms with Gasteiger partial charge in [-0.05, 0) is 7.05 Å². The molecule has 0 aliphatic heterocycles. The van der Waals surface area contributed by atoms with Gasteiger partial charge in [0.1, 0.15) is 18.4 Å². The van der Waals surface area contributed by atoms with Gasteiger partial charge in [-0.25, -0.2) is 4.98 Å². The third kappa shape index (κ3) is 4.37. The van der Waals surface area contributed by atoms with E-state index in [0.29, 0.717) is 25.6 Å². The molecule has 2 aromatic rings. The summed E-state index contributed by atoms with van der Waals surface area (Å²) >= 11 is 0. The van der Waals surface area contributed by atoms with Crippen LogP contribution in [-0.2, 0) is 24.4 Å². The molecule has 7 nitrogen and oxygen atoms in total. The Balaban J connectivity index is 1.91. The van der Waals surface area contributed by atoms with Gasteiger partial charge in [-0.2, -0.15) is 0 Å². The van der Waals surface area contributed by atoms with Crippen LogP contribution in [-0.4, -0.2) is 45.4 Å². The van der Waals surface area contributed by atoms with Crippen molar-refractivity contribution in [2.45, 2.75) is 39.4 Å². The number of nitrogens with zero attached hydrogens (tertiary/aromatic N) is 5. The predicted octanol–water partition coefficient (Wildman–Crippen LogP) is 1.67. The first-order chi connectivity index (χ1) is 10.1. The summed E-state index contributed by atoms with van der Waals surface area (Å²) in [6.45, 7) is 6.96. The minimum Gasteiger partial charge on any atom is -0.448 e. The Morgan fingerprint density at radius 3 is 2.86 bits per heavy atom. The second-order valence-corrected chi connectivity index (χ2v) is 5.44. The van der Waals surface area contributed by atoms with E-state index in [-0.39, 0.29) is 0 Å². The average Bonchev–Trinajstić information content (AvgIpc) is 3.06. The zero-order valence-corrected chi connectivity index (χ0v) is 13.1. The van der Waals surface area contributed by atoms with E-state index in [0.717, 1.165) is 24.0 Å². The second kappa shape index (κ2) is 7.33. The lowest BCUT2D eigenvalue weighted by Gasteiger charge is -2.15. The van der Waals surface area contributed by atoms with Crippen molar-refractivity contribution in [1.29, 1.82) is 0 Å². The van der Waals surface area contributed by atoms with Gasteiger partial charge >= 0.3 is 0 Å². The molecular formula is C14H23N5O2. The summed E-state index contributed by atoms with van der Waals surface area (Å²) in [4.78, 5) is 6.61. The van der Waals surface area contributed by atoms with Crippen LogP contribution in [0.3, 0.4) is 0 Å². The van der Waals surface area contributed by atoms with Gasteiger partial charge in [0.15, 0.2) is 5.89 Å². The molecule has 0 N–H and O–H groups in total. The molecule has 0 fully saturated rings. The third-order valence-electron chi connectivity index (χ3n) is 3.14. The minimum atomic E-state index is 0.307. The molecule has 0 aliphatic carbocycles. The van der Waals surface area contributed by atoms with E-state index in [1.807, 2.05) is 11.6 Å². The van der Waals surface area contributed by atoms with E-state index in [2.05, 4.69) is 33.9 Å². The monoisotopic (exact) mass is 293 g/mol. The molecule has 2 aromatic heterocycles. The first-order valence-electron chi connectivity index (χ1n) is 7.08. The van der Waals surface area contributed by atoms with E-state index >= 15 is 0 Å². The van der Waals surface area contributed by atoms with Crippen LogP contribution in [0.5, 0.6) is 0 Å². The molecule has 21 heavy (non-hydrogen) atoms. The lowest BCUT2D eigenvalue weighted by molar-refractivity contribution is 0.184. The maximum Gasteiger partial charge on any atom is 0.196 e. The van der Waals surface area contributed by atoms with E-state index in [1.165, 1.54) is 0 Å². The molecule has 0 saturated heterocycles. The lowest BCUT2D eigenvalue weighted by atomic mass is 10.2. The highest BCUT2D eigenvalue weighted by Crippen LogP contribution is 2.14. The number of hydrogen-bond donors (Lipinski definition) is 0. The number of ether oxygens (including phenoxy) is 1. The topological polar surface area (TPSA) is 69.2 Å². The molecule has 0 aliphatic rings. The van der Waals surface area contributed by atoms with Gasteiger partial charge in [0.25, 0.3) is 0 Å². The standard InChI is InChI=1S/C14H23N5O2/c1-11(2)14-16-12(9-21-14)7-18(3)8-13-17-15-10-19(13)5-6-20-4/h9-11H,5-8H2,1-4H3. The van der Waals surface area contributed by atoms with Gasteiger partial charge in [-0.1, -0.05) is 13.8 Å². The molecule has 2 heterocycles. The fourth-order valence-corrected chi connectivity index (χ4v) is 2.01. The van der Waals surface area contributed by atoms with Crippen molar-refractivity contribution >= 4 is 0 Å². The maximum absolute atomic E-state index is 5.45. The summed E-state index contributed by atoms with van der Waals surface area (Å²) in [6, 6.07) is 0. The fraction of sp³-hybridized carbons (Fsp3) is 0.643. The molecule has 0 amide bonds. The van der Waals surface area contributed by atoms with Crippen molar-refractivity contribution in [3.8, 4) is 0 Å². The van der Waals surface area contributed by atoms with E-state index in [4.69, 9.17) is 9.15 Å². The van der Waals surface area contributed by atoms with Crippen LogP contribution in [0.15, 0.2) is 17.0 Å². The predicted molar refractivity (Wildman–Crippen MR) is 77.7 cm³/mol. The molecule has 7 heteroatoms. The normalized spacial score (nSPS) is 11.7. The number of hydrogen-bond acceptors (Lipinski definition) is 6. The lowest BCUT2D eigenvalue weighted by Crippen LogP contribution is -2.21. The Hall–Kier alpha value is -1.73. The van der Waals surface area contributed by atoms with Crippen LogP contribution in [0.25, 0.3) is 0 Å². The first kappa shape index (κ1) is 15.7. The highest BCUT2D eigenvalue weighted by molar-refractivity contribution is 4.99. The van der Waals surface area contributed by atoms with E-state index in [9.17, 15) is 0 Å². The number of oxazole rings is 1.